The summed E-state index contributed by atoms with van der Waals surface area (Å²) in [7, 11) is 0. The fourth-order valence-electron chi connectivity index (χ4n) is 2.55. The van der Waals surface area contributed by atoms with Crippen LogP contribution in [0.3, 0.4) is 0 Å². The van der Waals surface area contributed by atoms with Crippen molar-refractivity contribution in [3.8, 4) is 5.75 Å². The van der Waals surface area contributed by atoms with E-state index in [1.807, 2.05) is 0 Å². The second-order valence-corrected chi connectivity index (χ2v) is 6.39. The van der Waals surface area contributed by atoms with E-state index in [9.17, 15) is 22.8 Å². The molecule has 0 unspecified atom stereocenters. The molecule has 2 heterocycles. The smallest absolute Gasteiger partial charge is 0.406 e. The number of carbonyl (C=O) groups excluding carboxylic acids is 2. The lowest BCUT2D eigenvalue weighted by atomic mass is 10.2. The molecule has 0 atom stereocenters. The van der Waals surface area contributed by atoms with Crippen LogP contribution in [-0.2, 0) is 9.59 Å². The van der Waals surface area contributed by atoms with Crippen LogP contribution >= 0.6 is 11.3 Å². The predicted octanol–water partition coefficient (Wildman–Crippen LogP) is 4.02. The summed E-state index contributed by atoms with van der Waals surface area (Å²) >= 11 is 1.27. The number of hydrogen-bond acceptors (Lipinski definition) is 5. The number of rotatable bonds is 6. The van der Waals surface area contributed by atoms with Crippen molar-refractivity contribution in [3.63, 3.8) is 0 Å². The molecule has 1 aromatic heterocycles. The van der Waals surface area contributed by atoms with Crippen molar-refractivity contribution in [1.29, 1.82) is 0 Å². The Morgan fingerprint density at radius 2 is 1.96 bits per heavy atom. The summed E-state index contributed by atoms with van der Waals surface area (Å²) < 4.78 is 41.1. The summed E-state index contributed by atoms with van der Waals surface area (Å²) in [6, 6.07) is 8.47. The van der Waals surface area contributed by atoms with Crippen molar-refractivity contribution in [1.82, 2.24) is 4.90 Å². The van der Waals surface area contributed by atoms with E-state index in [0.29, 0.717) is 4.88 Å². The Morgan fingerprint density at radius 1 is 1.19 bits per heavy atom. The zero-order valence-corrected chi connectivity index (χ0v) is 14.6. The molecular weight excluding hydrogens is 381 g/mol. The minimum atomic E-state index is -4.83. The molecule has 3 rings (SSSR count). The summed E-state index contributed by atoms with van der Waals surface area (Å²) in [5, 5.41) is 4.52. The van der Waals surface area contributed by atoms with Crippen LogP contribution in [-0.4, -0.2) is 29.6 Å². The number of ether oxygens (including phenoxy) is 1. The molecule has 9 heteroatoms. The quantitative estimate of drug-likeness (QED) is 0.594. The second-order valence-electron chi connectivity index (χ2n) is 5.44. The van der Waals surface area contributed by atoms with Crippen LogP contribution in [0, 0.1) is 0 Å². The van der Waals surface area contributed by atoms with Gasteiger partial charge in [0.25, 0.3) is 11.8 Å². The van der Waals surface area contributed by atoms with Gasteiger partial charge in [0.15, 0.2) is 0 Å². The number of carbonyl (C=O) groups is 2. The van der Waals surface area contributed by atoms with Gasteiger partial charge in [-0.2, -0.15) is 0 Å². The van der Waals surface area contributed by atoms with Gasteiger partial charge in [-0.3, -0.25) is 14.5 Å². The van der Waals surface area contributed by atoms with Crippen LogP contribution in [0.15, 0.2) is 60.1 Å². The van der Waals surface area contributed by atoms with Gasteiger partial charge in [0.1, 0.15) is 11.4 Å². The maximum Gasteiger partial charge on any atom is 0.573 e. The van der Waals surface area contributed by atoms with Crippen LogP contribution in [0.25, 0.3) is 5.57 Å². The predicted molar refractivity (Wildman–Crippen MR) is 94.9 cm³/mol. The normalized spacial score (nSPS) is 14.7. The molecule has 0 aliphatic carbocycles. The number of nitrogens with one attached hydrogen (secondary N) is 1. The van der Waals surface area contributed by atoms with E-state index in [0.717, 1.165) is 17.0 Å². The first-order valence-corrected chi connectivity index (χ1v) is 8.56. The third-order valence-corrected chi connectivity index (χ3v) is 4.47. The number of anilines is 1. The number of halogens is 3. The Labute approximate surface area is 156 Å². The molecule has 1 N–H and O–H groups in total. The monoisotopic (exact) mass is 394 g/mol. The van der Waals surface area contributed by atoms with Gasteiger partial charge in [0, 0.05) is 23.2 Å². The molecule has 1 aromatic carbocycles. The van der Waals surface area contributed by atoms with Crippen molar-refractivity contribution in [3.05, 3.63) is 65.0 Å². The maximum absolute atomic E-state index is 12.7. The number of nitrogens with zero attached hydrogens (tertiary/aromatic N) is 1. The highest BCUT2D eigenvalue weighted by atomic mass is 32.1. The molecule has 27 heavy (non-hydrogen) atoms. The molecule has 2 amide bonds. The van der Waals surface area contributed by atoms with Gasteiger partial charge >= 0.3 is 6.36 Å². The average molecular weight is 394 g/mol. The molecule has 1 aliphatic heterocycles. The molecule has 0 saturated carbocycles. The lowest BCUT2D eigenvalue weighted by molar-refractivity contribution is -0.274. The van der Waals surface area contributed by atoms with E-state index in [2.05, 4.69) is 16.6 Å². The first kappa shape index (κ1) is 18.7. The van der Waals surface area contributed by atoms with E-state index in [-0.39, 0.29) is 23.5 Å². The number of alkyl halides is 3. The Hall–Kier alpha value is -3.07. The first-order chi connectivity index (χ1) is 12.8. The average Bonchev–Trinajstić information content (AvgIpc) is 3.17. The van der Waals surface area contributed by atoms with Crippen molar-refractivity contribution in [2.45, 2.75) is 6.36 Å². The van der Waals surface area contributed by atoms with E-state index in [1.54, 1.807) is 17.5 Å². The van der Waals surface area contributed by atoms with Crippen LogP contribution in [0.5, 0.6) is 5.75 Å². The zero-order valence-electron chi connectivity index (χ0n) is 13.7. The maximum atomic E-state index is 12.7. The minimum Gasteiger partial charge on any atom is -0.406 e. The Kier molecular flexibility index (Phi) is 5.04. The fourth-order valence-corrected chi connectivity index (χ4v) is 3.32. The number of hydrogen-bond donors (Lipinski definition) is 1. The third kappa shape index (κ3) is 4.03. The molecule has 0 radical (unpaired) electrons. The van der Waals surface area contributed by atoms with Crippen molar-refractivity contribution in [2.75, 3.05) is 11.9 Å². The highest BCUT2D eigenvalue weighted by Crippen LogP contribution is 2.33. The molecule has 2 aromatic rings. The van der Waals surface area contributed by atoms with Crippen molar-refractivity contribution < 1.29 is 27.5 Å². The summed E-state index contributed by atoms with van der Waals surface area (Å²) in [6.07, 6.45) is -3.41. The molecule has 5 nitrogen and oxygen atoms in total. The summed E-state index contributed by atoms with van der Waals surface area (Å²) in [5.41, 5.74) is 0.342. The van der Waals surface area contributed by atoms with Gasteiger partial charge in [-0.15, -0.1) is 31.1 Å². The lowest BCUT2D eigenvalue weighted by Gasteiger charge is -2.13. The SMILES string of the molecule is C=CCN1C(=O)C(Nc2cccc(OC(F)(F)F)c2)=C(c2cccs2)C1=O. The molecule has 140 valence electrons. The van der Waals surface area contributed by atoms with Gasteiger partial charge < -0.3 is 10.1 Å². The molecule has 0 spiro atoms. The van der Waals surface area contributed by atoms with Gasteiger partial charge in [-0.25, -0.2) is 0 Å². The fraction of sp³-hybridized carbons (Fsp3) is 0.111. The van der Waals surface area contributed by atoms with Gasteiger partial charge in [-0.1, -0.05) is 18.2 Å². The zero-order chi connectivity index (χ0) is 19.6. The van der Waals surface area contributed by atoms with Gasteiger partial charge in [0.2, 0.25) is 0 Å². The van der Waals surface area contributed by atoms with Gasteiger partial charge in [0.05, 0.1) is 5.57 Å². The lowest BCUT2D eigenvalue weighted by Crippen LogP contribution is -2.32. The van der Waals surface area contributed by atoms with E-state index in [4.69, 9.17) is 0 Å². The molecule has 0 saturated heterocycles. The highest BCUT2D eigenvalue weighted by Gasteiger charge is 2.39. The highest BCUT2D eigenvalue weighted by molar-refractivity contribution is 7.11. The largest absolute Gasteiger partial charge is 0.573 e. The molecule has 1 aliphatic rings. The summed E-state index contributed by atoms with van der Waals surface area (Å²) in [6.45, 7) is 3.55. The number of amides is 2. The number of thiophene rings is 1. The molecule has 0 fully saturated rings. The van der Waals surface area contributed by atoms with E-state index >= 15 is 0 Å². The topological polar surface area (TPSA) is 58.6 Å². The standard InChI is InChI=1S/C18H13F3N2O3S/c1-2-8-23-16(24)14(13-7-4-9-27-13)15(17(23)25)22-11-5-3-6-12(10-11)26-18(19,20)21/h2-7,9-10,22H,1,8H2. The Balaban J connectivity index is 1.97. The minimum absolute atomic E-state index is 0.00606. The number of benzene rings is 1. The molecule has 0 bridgehead atoms. The van der Waals surface area contributed by atoms with Crippen LogP contribution in [0.1, 0.15) is 4.88 Å². The van der Waals surface area contributed by atoms with E-state index < -0.39 is 23.9 Å². The van der Waals surface area contributed by atoms with Crippen molar-refractivity contribution >= 4 is 34.4 Å². The van der Waals surface area contributed by atoms with E-state index in [1.165, 1.54) is 29.5 Å². The van der Waals surface area contributed by atoms with Gasteiger partial charge in [-0.05, 0) is 23.6 Å². The Morgan fingerprint density at radius 3 is 2.59 bits per heavy atom. The summed E-state index contributed by atoms with van der Waals surface area (Å²) in [4.78, 5) is 26.9. The number of imide groups is 1. The first-order valence-electron chi connectivity index (χ1n) is 7.68. The second kappa shape index (κ2) is 7.28. The van der Waals surface area contributed by atoms with Crippen molar-refractivity contribution in [2.24, 2.45) is 0 Å². The third-order valence-electron chi connectivity index (χ3n) is 3.58. The van der Waals surface area contributed by atoms with Crippen LogP contribution in [0.2, 0.25) is 0 Å². The van der Waals surface area contributed by atoms with Crippen LogP contribution < -0.4 is 10.1 Å². The summed E-state index contributed by atoms with van der Waals surface area (Å²) in [5.74, 6) is -1.51. The molecular formula is C18H13F3N2O3S. The van der Waals surface area contributed by atoms with Crippen LogP contribution in [0.4, 0.5) is 18.9 Å². The Bertz CT molecular complexity index is 920.